The molecule has 27 heavy (non-hydrogen) atoms. The van der Waals surface area contributed by atoms with Crippen molar-refractivity contribution in [3.63, 3.8) is 0 Å². The molecule has 0 aliphatic carbocycles. The molecule has 4 nitrogen and oxygen atoms in total. The summed E-state index contributed by atoms with van der Waals surface area (Å²) in [4.78, 5) is 18.7. The van der Waals surface area contributed by atoms with E-state index in [0.717, 1.165) is 29.9 Å². The molecular formula is C21H17F2N3O. The Balaban J connectivity index is 1.53. The van der Waals surface area contributed by atoms with Gasteiger partial charge >= 0.3 is 0 Å². The van der Waals surface area contributed by atoms with Gasteiger partial charge in [-0.3, -0.25) is 4.79 Å². The van der Waals surface area contributed by atoms with E-state index < -0.39 is 17.5 Å². The predicted molar refractivity (Wildman–Crippen MR) is 100 cm³/mol. The number of anilines is 3. The highest BCUT2D eigenvalue weighted by atomic mass is 19.2. The van der Waals surface area contributed by atoms with Gasteiger partial charge in [-0.2, -0.15) is 0 Å². The summed E-state index contributed by atoms with van der Waals surface area (Å²) in [5.74, 6) is -2.26. The molecule has 1 aliphatic heterocycles. The van der Waals surface area contributed by atoms with E-state index in [1.165, 1.54) is 11.6 Å². The van der Waals surface area contributed by atoms with Crippen LogP contribution in [0.15, 0.2) is 60.8 Å². The standard InChI is InChI=1S/C21H17F2N3O/c1-13-10-14-4-2-3-5-19(14)26(13)16-7-9-20(24-12-16)25-21(27)15-6-8-17(22)18(23)11-15/h2-9,11-13H,10H2,1H3,(H,24,25,27). The number of halogens is 2. The van der Waals surface area contributed by atoms with Gasteiger partial charge in [-0.15, -0.1) is 0 Å². The third-order valence-corrected chi connectivity index (χ3v) is 4.66. The van der Waals surface area contributed by atoms with Gasteiger partial charge in [0.25, 0.3) is 5.91 Å². The minimum atomic E-state index is -1.06. The van der Waals surface area contributed by atoms with Crippen LogP contribution in [0, 0.1) is 11.6 Å². The molecule has 1 aliphatic rings. The number of hydrogen-bond donors (Lipinski definition) is 1. The van der Waals surface area contributed by atoms with Crippen molar-refractivity contribution in [1.29, 1.82) is 0 Å². The number of rotatable bonds is 3. The molecule has 1 aromatic heterocycles. The topological polar surface area (TPSA) is 45.2 Å². The van der Waals surface area contributed by atoms with E-state index in [9.17, 15) is 13.6 Å². The first-order chi connectivity index (χ1) is 13.0. The van der Waals surface area contributed by atoms with Crippen LogP contribution in [0.3, 0.4) is 0 Å². The zero-order valence-electron chi connectivity index (χ0n) is 14.6. The van der Waals surface area contributed by atoms with E-state index >= 15 is 0 Å². The van der Waals surface area contributed by atoms with Gasteiger partial charge in [-0.25, -0.2) is 13.8 Å². The van der Waals surface area contributed by atoms with Gasteiger partial charge in [0.05, 0.1) is 11.9 Å². The molecule has 0 saturated heterocycles. The van der Waals surface area contributed by atoms with Gasteiger partial charge in [-0.05, 0) is 55.3 Å². The fraction of sp³-hybridized carbons (Fsp3) is 0.143. The molecule has 136 valence electrons. The normalized spacial score (nSPS) is 15.5. The number of hydrogen-bond acceptors (Lipinski definition) is 3. The van der Waals surface area contributed by atoms with Crippen LogP contribution in [0.5, 0.6) is 0 Å². The zero-order valence-corrected chi connectivity index (χ0v) is 14.6. The molecule has 0 spiro atoms. The number of carbonyl (C=O) groups excluding carboxylic acids is 1. The van der Waals surface area contributed by atoms with Gasteiger partial charge in [0.2, 0.25) is 0 Å². The monoisotopic (exact) mass is 365 g/mol. The van der Waals surface area contributed by atoms with Crippen molar-refractivity contribution in [2.45, 2.75) is 19.4 Å². The van der Waals surface area contributed by atoms with Crippen molar-refractivity contribution < 1.29 is 13.6 Å². The number of benzene rings is 2. The Morgan fingerprint density at radius 3 is 2.67 bits per heavy atom. The number of nitrogens with zero attached hydrogens (tertiary/aromatic N) is 2. The number of nitrogens with one attached hydrogen (secondary N) is 1. The molecule has 0 radical (unpaired) electrons. The zero-order chi connectivity index (χ0) is 19.0. The van der Waals surface area contributed by atoms with Crippen LogP contribution in [0.1, 0.15) is 22.8 Å². The highest BCUT2D eigenvalue weighted by Crippen LogP contribution is 2.37. The number of para-hydroxylation sites is 1. The molecular weight excluding hydrogens is 348 g/mol. The second kappa shape index (κ2) is 6.79. The molecule has 1 amide bonds. The first-order valence-corrected chi connectivity index (χ1v) is 8.62. The highest BCUT2D eigenvalue weighted by molar-refractivity contribution is 6.03. The third-order valence-electron chi connectivity index (χ3n) is 4.66. The summed E-state index contributed by atoms with van der Waals surface area (Å²) in [6, 6.07) is 15.1. The lowest BCUT2D eigenvalue weighted by molar-refractivity contribution is 0.102. The van der Waals surface area contributed by atoms with Crippen molar-refractivity contribution in [2.24, 2.45) is 0 Å². The van der Waals surface area contributed by atoms with Crippen molar-refractivity contribution in [1.82, 2.24) is 4.98 Å². The van der Waals surface area contributed by atoms with E-state index in [-0.39, 0.29) is 5.56 Å². The maximum atomic E-state index is 13.3. The number of carbonyl (C=O) groups is 1. The van der Waals surface area contributed by atoms with E-state index in [2.05, 4.69) is 34.3 Å². The van der Waals surface area contributed by atoms with Gasteiger partial charge in [0, 0.05) is 17.3 Å². The minimum Gasteiger partial charge on any atom is -0.337 e. The fourth-order valence-electron chi connectivity index (χ4n) is 3.39. The van der Waals surface area contributed by atoms with Crippen LogP contribution in [-0.2, 0) is 6.42 Å². The van der Waals surface area contributed by atoms with E-state index in [4.69, 9.17) is 0 Å². The second-order valence-corrected chi connectivity index (χ2v) is 6.54. The smallest absolute Gasteiger partial charge is 0.256 e. The van der Waals surface area contributed by atoms with Gasteiger partial charge in [0.1, 0.15) is 5.82 Å². The van der Waals surface area contributed by atoms with E-state index in [0.29, 0.717) is 11.9 Å². The maximum Gasteiger partial charge on any atom is 0.256 e. The van der Waals surface area contributed by atoms with E-state index in [1.807, 2.05) is 18.2 Å². The molecule has 2 heterocycles. The molecule has 2 aromatic carbocycles. The lowest BCUT2D eigenvalue weighted by Crippen LogP contribution is -2.24. The average molecular weight is 365 g/mol. The summed E-state index contributed by atoms with van der Waals surface area (Å²) in [6.07, 6.45) is 2.66. The number of amides is 1. The SMILES string of the molecule is CC1Cc2ccccc2N1c1ccc(NC(=O)c2ccc(F)c(F)c2)nc1. The first-order valence-electron chi connectivity index (χ1n) is 8.62. The van der Waals surface area contributed by atoms with Crippen LogP contribution < -0.4 is 10.2 Å². The lowest BCUT2D eigenvalue weighted by Gasteiger charge is -2.24. The molecule has 1 atom stereocenters. The van der Waals surface area contributed by atoms with Crippen molar-refractivity contribution in [2.75, 3.05) is 10.2 Å². The summed E-state index contributed by atoms with van der Waals surface area (Å²) in [5, 5.41) is 2.60. The van der Waals surface area contributed by atoms with Crippen molar-refractivity contribution in [3.8, 4) is 0 Å². The maximum absolute atomic E-state index is 13.3. The van der Waals surface area contributed by atoms with Crippen LogP contribution in [0.4, 0.5) is 26.0 Å². The molecule has 1 N–H and O–H groups in total. The lowest BCUT2D eigenvalue weighted by atomic mass is 10.1. The Hall–Kier alpha value is -3.28. The first kappa shape index (κ1) is 17.1. The Morgan fingerprint density at radius 1 is 1.11 bits per heavy atom. The molecule has 1 unspecified atom stereocenters. The van der Waals surface area contributed by atoms with Gasteiger partial charge in [-0.1, -0.05) is 18.2 Å². The number of fused-ring (bicyclic) bond motifs is 1. The van der Waals surface area contributed by atoms with Gasteiger partial charge in [0.15, 0.2) is 11.6 Å². The van der Waals surface area contributed by atoms with Crippen LogP contribution in [-0.4, -0.2) is 16.9 Å². The van der Waals surface area contributed by atoms with Crippen LogP contribution in [0.25, 0.3) is 0 Å². The van der Waals surface area contributed by atoms with Crippen LogP contribution in [0.2, 0.25) is 0 Å². The summed E-state index contributed by atoms with van der Waals surface area (Å²) < 4.78 is 26.3. The summed E-state index contributed by atoms with van der Waals surface area (Å²) >= 11 is 0. The Morgan fingerprint density at radius 2 is 1.93 bits per heavy atom. The summed E-state index contributed by atoms with van der Waals surface area (Å²) in [5.41, 5.74) is 3.41. The largest absolute Gasteiger partial charge is 0.337 e. The summed E-state index contributed by atoms with van der Waals surface area (Å²) in [7, 11) is 0. The number of aromatic nitrogens is 1. The molecule has 4 rings (SSSR count). The molecule has 0 saturated carbocycles. The molecule has 3 aromatic rings. The summed E-state index contributed by atoms with van der Waals surface area (Å²) in [6.45, 7) is 2.15. The minimum absolute atomic E-state index is 0.0295. The molecule has 6 heteroatoms. The van der Waals surface area contributed by atoms with Crippen LogP contribution >= 0.6 is 0 Å². The molecule has 0 bridgehead atoms. The predicted octanol–water partition coefficient (Wildman–Crippen LogP) is 4.69. The number of pyridine rings is 1. The Bertz CT molecular complexity index is 1000. The van der Waals surface area contributed by atoms with Crippen molar-refractivity contribution >= 4 is 23.1 Å². The second-order valence-electron chi connectivity index (χ2n) is 6.54. The molecule has 0 fully saturated rings. The van der Waals surface area contributed by atoms with Crippen molar-refractivity contribution in [3.05, 3.63) is 83.6 Å². The van der Waals surface area contributed by atoms with Gasteiger partial charge < -0.3 is 10.2 Å². The van der Waals surface area contributed by atoms with E-state index in [1.54, 1.807) is 12.3 Å². The highest BCUT2D eigenvalue weighted by Gasteiger charge is 2.26. The fourth-order valence-corrected chi connectivity index (χ4v) is 3.39. The Kier molecular flexibility index (Phi) is 4.32. The quantitative estimate of drug-likeness (QED) is 0.732. The Labute approximate surface area is 155 Å². The average Bonchev–Trinajstić information content (AvgIpc) is 3.00. The third kappa shape index (κ3) is 3.26.